The van der Waals surface area contributed by atoms with Crippen LogP contribution in [0.15, 0.2) is 0 Å². The summed E-state index contributed by atoms with van der Waals surface area (Å²) in [7, 11) is 0. The molecular weight excluding hydrogens is 118 g/mol. The first kappa shape index (κ1) is 1.53. The molecule has 3 nitrogen and oxygen atoms in total. The van der Waals surface area contributed by atoms with Crippen molar-refractivity contribution in [2.24, 2.45) is 11.6 Å². The van der Waals surface area contributed by atoms with Crippen LogP contribution in [0.5, 0.6) is 0 Å². The first-order valence-electron chi connectivity index (χ1n) is 6.97. The van der Waals surface area contributed by atoms with Crippen LogP contribution in [-0.4, -0.2) is 17.1 Å². The zero-order valence-electron chi connectivity index (χ0n) is 14.4. The van der Waals surface area contributed by atoms with Gasteiger partial charge in [0, 0.05) is 12.3 Å². The molecule has 0 saturated carbocycles. The Morgan fingerprint density at radius 2 is 2.89 bits per heavy atom. The zero-order chi connectivity index (χ0) is 16.1. The van der Waals surface area contributed by atoms with Crippen molar-refractivity contribution < 1.29 is 23.6 Å². The minimum absolute atomic E-state index is 2.31. The number of carboxylic acid groups (broad SMARTS) is 1. The summed E-state index contributed by atoms with van der Waals surface area (Å²) in [5.74, 6) is -6.21. The molecule has 0 aromatic heterocycles. The second-order valence-electron chi connectivity index (χ2n) is 1.22. The van der Waals surface area contributed by atoms with Crippen LogP contribution in [0.2, 0.25) is 0 Å². The lowest BCUT2D eigenvalue weighted by Gasteiger charge is -2.11. The standard InChI is InChI=1S/C6H13NO2/c1-3-4(2)5(7)6(8)9/h4-5H,3,7H2,1-2H3,(H,8,9)/t4-,5-/m0/s1/i1D3,2D3,3D2,4D,5D. The maximum atomic E-state index is 10.9. The largest absolute Gasteiger partial charge is 0.480 e. The second-order valence-corrected chi connectivity index (χ2v) is 1.22. The fourth-order valence-corrected chi connectivity index (χ4v) is 0.174. The second kappa shape index (κ2) is 3.45. The Balaban J connectivity index is 6.38. The van der Waals surface area contributed by atoms with E-state index in [0.717, 1.165) is 0 Å². The summed E-state index contributed by atoms with van der Waals surface area (Å²) in [6, 6.07) is -3.68. The van der Waals surface area contributed by atoms with Crippen LogP contribution in [0.25, 0.3) is 0 Å². The summed E-state index contributed by atoms with van der Waals surface area (Å²) in [4.78, 5) is 10.9. The van der Waals surface area contributed by atoms with Crippen LogP contribution >= 0.6 is 0 Å². The molecule has 0 aliphatic rings. The van der Waals surface area contributed by atoms with E-state index in [1.54, 1.807) is 0 Å². The highest BCUT2D eigenvalue weighted by atomic mass is 16.4. The van der Waals surface area contributed by atoms with Crippen LogP contribution in [0.3, 0.4) is 0 Å². The Morgan fingerprint density at radius 3 is 3.22 bits per heavy atom. The van der Waals surface area contributed by atoms with Gasteiger partial charge in [-0.25, -0.2) is 0 Å². The van der Waals surface area contributed by atoms with Gasteiger partial charge in [0.05, 0.1) is 1.37 Å². The summed E-state index contributed by atoms with van der Waals surface area (Å²) in [6.07, 6.45) is -3.85. The van der Waals surface area contributed by atoms with Crippen molar-refractivity contribution in [1.29, 1.82) is 0 Å². The number of aliphatic carboxylic acids is 1. The molecule has 0 rings (SSSR count). The molecule has 0 radical (unpaired) electrons. The summed E-state index contributed by atoms with van der Waals surface area (Å²) in [5.41, 5.74) is 4.94. The van der Waals surface area contributed by atoms with E-state index in [-0.39, 0.29) is 0 Å². The quantitative estimate of drug-likeness (QED) is 0.599. The topological polar surface area (TPSA) is 63.3 Å². The normalized spacial score (nSPS) is 44.6. The minimum Gasteiger partial charge on any atom is -0.480 e. The molecule has 0 amide bonds. The van der Waals surface area contributed by atoms with Gasteiger partial charge < -0.3 is 10.8 Å². The van der Waals surface area contributed by atoms with Gasteiger partial charge in [0.15, 0.2) is 0 Å². The highest BCUT2D eigenvalue weighted by molar-refractivity contribution is 5.73. The van der Waals surface area contributed by atoms with Crippen molar-refractivity contribution in [2.75, 3.05) is 0 Å². The molecule has 54 valence electrons. The average molecular weight is 141 g/mol. The molecule has 0 aliphatic heterocycles. The molecule has 0 saturated heterocycles. The highest BCUT2D eigenvalue weighted by Crippen LogP contribution is 2.04. The molecule has 2 atom stereocenters. The predicted molar refractivity (Wildman–Crippen MR) is 35.1 cm³/mol. The fraction of sp³-hybridized carbons (Fsp3) is 0.833. The van der Waals surface area contributed by atoms with Crippen LogP contribution < -0.4 is 5.73 Å². The third kappa shape index (κ3) is 2.46. The Kier molecular flexibility index (Phi) is 0.588. The summed E-state index contributed by atoms with van der Waals surface area (Å²) < 4.78 is 71.5. The van der Waals surface area contributed by atoms with Crippen LogP contribution in [0.1, 0.15) is 33.8 Å². The summed E-state index contributed by atoms with van der Waals surface area (Å²) >= 11 is 0. The number of carbonyl (C=O) groups is 1. The van der Waals surface area contributed by atoms with Crippen molar-refractivity contribution in [3.63, 3.8) is 0 Å². The van der Waals surface area contributed by atoms with Crippen molar-refractivity contribution >= 4 is 5.97 Å². The Labute approximate surface area is 68.9 Å². The van der Waals surface area contributed by atoms with Crippen molar-refractivity contribution in [3.8, 4) is 0 Å². The van der Waals surface area contributed by atoms with Gasteiger partial charge in [0.25, 0.3) is 0 Å². The molecule has 0 spiro atoms. The lowest BCUT2D eigenvalue weighted by atomic mass is 10.0. The zero-order valence-corrected chi connectivity index (χ0v) is 4.43. The smallest absolute Gasteiger partial charge is 0.320 e. The molecule has 3 heteroatoms. The molecule has 0 heterocycles. The number of hydrogen-bond donors (Lipinski definition) is 2. The van der Waals surface area contributed by atoms with Crippen molar-refractivity contribution in [1.82, 2.24) is 0 Å². The SMILES string of the molecule is [2H]C([2H])([2H])C([2H])([2H])[C@]([2H])(C([2H])([2H])[2H])[C@]([2H])(N)C(=O)O. The molecule has 0 fully saturated rings. The number of rotatable bonds is 3. The van der Waals surface area contributed by atoms with Gasteiger partial charge in [-0.1, -0.05) is 20.1 Å². The van der Waals surface area contributed by atoms with E-state index < -0.39 is 38.0 Å². The van der Waals surface area contributed by atoms with Gasteiger partial charge in [-0.2, -0.15) is 0 Å². The van der Waals surface area contributed by atoms with E-state index in [4.69, 9.17) is 24.5 Å². The van der Waals surface area contributed by atoms with Gasteiger partial charge in [-0.15, -0.1) is 0 Å². The van der Waals surface area contributed by atoms with Crippen molar-refractivity contribution in [2.45, 2.75) is 26.1 Å². The molecule has 0 unspecified atom stereocenters. The van der Waals surface area contributed by atoms with Crippen LogP contribution in [0.4, 0.5) is 0 Å². The fourth-order valence-electron chi connectivity index (χ4n) is 0.174. The van der Waals surface area contributed by atoms with E-state index in [1.165, 1.54) is 0 Å². The Bertz CT molecular complexity index is 371. The number of nitrogens with two attached hydrogens (primary N) is 1. The van der Waals surface area contributed by atoms with Gasteiger partial charge in [-0.3, -0.25) is 4.79 Å². The molecular formula is C6H13NO2. The highest BCUT2D eigenvalue weighted by Gasteiger charge is 2.17. The maximum absolute atomic E-state index is 10.9. The molecule has 0 aromatic carbocycles. The average Bonchev–Trinajstić information content (AvgIpc) is 2.11. The Hall–Kier alpha value is -0.570. The molecule has 0 bridgehead atoms. The lowest BCUT2D eigenvalue weighted by molar-refractivity contribution is -0.139. The first-order valence-corrected chi connectivity index (χ1v) is 1.97. The number of carboxylic acids is 1. The molecule has 3 N–H and O–H groups in total. The first-order chi connectivity index (χ1) is 7.94. The number of hydrogen-bond acceptors (Lipinski definition) is 2. The maximum Gasteiger partial charge on any atom is 0.320 e. The molecule has 9 heavy (non-hydrogen) atoms. The third-order valence-electron chi connectivity index (χ3n) is 0.625. The van der Waals surface area contributed by atoms with E-state index in [9.17, 15) is 4.79 Å². The molecule has 0 aliphatic carbocycles. The van der Waals surface area contributed by atoms with Crippen LogP contribution in [0, 0.1) is 5.89 Å². The monoisotopic (exact) mass is 141 g/mol. The third-order valence-corrected chi connectivity index (χ3v) is 0.625. The minimum atomic E-state index is -3.90. The van der Waals surface area contributed by atoms with E-state index in [0.29, 0.717) is 0 Å². The molecule has 0 aromatic rings. The summed E-state index contributed by atoms with van der Waals surface area (Å²) in [5, 5.41) is 8.74. The van der Waals surface area contributed by atoms with Crippen molar-refractivity contribution in [3.05, 3.63) is 0 Å². The Morgan fingerprint density at radius 1 is 2.22 bits per heavy atom. The van der Waals surface area contributed by atoms with Gasteiger partial charge in [0.2, 0.25) is 0 Å². The van der Waals surface area contributed by atoms with E-state index in [2.05, 4.69) is 0 Å². The predicted octanol–water partition coefficient (Wildman–Crippen LogP) is 0.444. The van der Waals surface area contributed by atoms with E-state index in [1.807, 2.05) is 0 Å². The summed E-state index contributed by atoms with van der Waals surface area (Å²) in [6.45, 7) is -7.40. The van der Waals surface area contributed by atoms with Gasteiger partial charge in [0.1, 0.15) is 6.02 Å². The van der Waals surface area contributed by atoms with Gasteiger partial charge in [-0.05, 0) is 5.89 Å². The lowest BCUT2D eigenvalue weighted by Crippen LogP contribution is -2.36. The van der Waals surface area contributed by atoms with Crippen LogP contribution in [-0.2, 0) is 4.79 Å². The van der Waals surface area contributed by atoms with E-state index >= 15 is 0 Å². The van der Waals surface area contributed by atoms with Gasteiger partial charge >= 0.3 is 5.97 Å².